The van der Waals surface area contributed by atoms with Gasteiger partial charge in [0.05, 0.1) is 6.20 Å². The molecule has 10 nitrogen and oxygen atoms in total. The molecule has 152 valence electrons. The Balaban J connectivity index is 1.43. The Labute approximate surface area is 172 Å². The van der Waals surface area contributed by atoms with Crippen LogP contribution in [-0.4, -0.2) is 62.8 Å². The second kappa shape index (κ2) is 8.52. The van der Waals surface area contributed by atoms with Crippen LogP contribution in [0.15, 0.2) is 55.0 Å². The highest BCUT2D eigenvalue weighted by molar-refractivity contribution is 6.05. The molecule has 0 aromatic carbocycles. The molecule has 0 saturated carbocycles. The molecule has 1 saturated heterocycles. The molecule has 4 rings (SSSR count). The van der Waals surface area contributed by atoms with Crippen LogP contribution in [0.3, 0.4) is 0 Å². The second-order valence-electron chi connectivity index (χ2n) is 6.63. The Morgan fingerprint density at radius 1 is 0.933 bits per heavy atom. The quantitative estimate of drug-likeness (QED) is 0.660. The van der Waals surface area contributed by atoms with Crippen molar-refractivity contribution < 1.29 is 9.59 Å². The fourth-order valence-corrected chi connectivity index (χ4v) is 3.11. The number of nitrogens with zero attached hydrogens (tertiary/aromatic N) is 6. The van der Waals surface area contributed by atoms with Crippen LogP contribution in [0.25, 0.3) is 0 Å². The second-order valence-corrected chi connectivity index (χ2v) is 6.63. The number of nitrogen functional groups attached to an aromatic ring is 1. The number of nitrogens with one attached hydrogen (secondary N) is 1. The third-order valence-corrected chi connectivity index (χ3v) is 4.68. The number of nitrogens with two attached hydrogens (primary N) is 1. The third-order valence-electron chi connectivity index (χ3n) is 4.68. The van der Waals surface area contributed by atoms with Crippen LogP contribution < -0.4 is 16.0 Å². The van der Waals surface area contributed by atoms with E-state index in [-0.39, 0.29) is 17.4 Å². The highest BCUT2D eigenvalue weighted by Crippen LogP contribution is 2.18. The standard InChI is InChI=1S/C20H20N8O2/c21-18-17(19(29)25-15-6-2-4-8-23-15)26-16(13-24-18)27-9-11-28(12-10-27)20(30)14-5-1-3-7-22-14/h1-8,13H,9-12H2,(H2,21,24)(H,23,25,29). The lowest BCUT2D eigenvalue weighted by atomic mass is 10.2. The van der Waals surface area contributed by atoms with Crippen LogP contribution >= 0.6 is 0 Å². The predicted molar refractivity (Wildman–Crippen MR) is 111 cm³/mol. The van der Waals surface area contributed by atoms with Gasteiger partial charge in [-0.3, -0.25) is 14.6 Å². The van der Waals surface area contributed by atoms with Crippen molar-refractivity contribution in [2.24, 2.45) is 0 Å². The molecule has 10 heteroatoms. The first-order valence-corrected chi connectivity index (χ1v) is 9.42. The summed E-state index contributed by atoms with van der Waals surface area (Å²) in [7, 11) is 0. The average Bonchev–Trinajstić information content (AvgIpc) is 2.80. The summed E-state index contributed by atoms with van der Waals surface area (Å²) < 4.78 is 0. The Hall–Kier alpha value is -4.08. The van der Waals surface area contributed by atoms with E-state index in [1.54, 1.807) is 53.7 Å². The van der Waals surface area contributed by atoms with Gasteiger partial charge in [0.2, 0.25) is 0 Å². The van der Waals surface area contributed by atoms with E-state index in [0.29, 0.717) is 43.5 Å². The zero-order valence-corrected chi connectivity index (χ0v) is 16.1. The minimum atomic E-state index is -0.482. The van der Waals surface area contributed by atoms with Crippen LogP contribution in [0.1, 0.15) is 21.0 Å². The maximum absolute atomic E-state index is 12.6. The summed E-state index contributed by atoms with van der Waals surface area (Å²) in [6.45, 7) is 2.13. The summed E-state index contributed by atoms with van der Waals surface area (Å²) in [5, 5.41) is 2.66. The highest BCUT2D eigenvalue weighted by Gasteiger charge is 2.25. The summed E-state index contributed by atoms with van der Waals surface area (Å²) in [6.07, 6.45) is 4.71. The van der Waals surface area contributed by atoms with Crippen molar-refractivity contribution in [3.63, 3.8) is 0 Å². The van der Waals surface area contributed by atoms with Gasteiger partial charge in [-0.15, -0.1) is 0 Å². The van der Waals surface area contributed by atoms with Gasteiger partial charge in [-0.1, -0.05) is 12.1 Å². The highest BCUT2D eigenvalue weighted by atomic mass is 16.2. The van der Waals surface area contributed by atoms with E-state index in [4.69, 9.17) is 5.73 Å². The third kappa shape index (κ3) is 4.17. The number of piperazine rings is 1. The number of carbonyl (C=O) groups excluding carboxylic acids is 2. The first-order chi connectivity index (χ1) is 14.6. The molecule has 0 spiro atoms. The normalized spacial score (nSPS) is 13.7. The predicted octanol–water partition coefficient (Wildman–Crippen LogP) is 1.06. The van der Waals surface area contributed by atoms with Crippen molar-refractivity contribution in [2.45, 2.75) is 0 Å². The molecular weight excluding hydrogens is 384 g/mol. The van der Waals surface area contributed by atoms with Gasteiger partial charge in [0.1, 0.15) is 17.3 Å². The number of carbonyl (C=O) groups is 2. The first-order valence-electron chi connectivity index (χ1n) is 9.42. The fraction of sp³-hybridized carbons (Fsp3) is 0.200. The van der Waals surface area contributed by atoms with Crippen molar-refractivity contribution in [3.05, 3.63) is 66.4 Å². The summed E-state index contributed by atoms with van der Waals surface area (Å²) in [4.78, 5) is 45.5. The number of rotatable bonds is 4. The van der Waals surface area contributed by atoms with E-state index in [2.05, 4.69) is 25.3 Å². The number of pyridine rings is 2. The molecule has 1 fully saturated rings. The number of hydrogen-bond acceptors (Lipinski definition) is 8. The van der Waals surface area contributed by atoms with Gasteiger partial charge in [-0.25, -0.2) is 15.0 Å². The van der Waals surface area contributed by atoms with Crippen LogP contribution in [0.2, 0.25) is 0 Å². The summed E-state index contributed by atoms with van der Waals surface area (Å²) >= 11 is 0. The topological polar surface area (TPSA) is 130 Å². The molecular formula is C20H20N8O2. The lowest BCUT2D eigenvalue weighted by Crippen LogP contribution is -2.49. The minimum Gasteiger partial charge on any atom is -0.382 e. The zero-order valence-electron chi connectivity index (χ0n) is 16.1. The average molecular weight is 404 g/mol. The van der Waals surface area contributed by atoms with E-state index < -0.39 is 5.91 Å². The van der Waals surface area contributed by atoms with Gasteiger partial charge >= 0.3 is 0 Å². The molecule has 1 aliphatic rings. The van der Waals surface area contributed by atoms with Crippen molar-refractivity contribution in [3.8, 4) is 0 Å². The largest absolute Gasteiger partial charge is 0.382 e. The fourth-order valence-electron chi connectivity index (χ4n) is 3.11. The van der Waals surface area contributed by atoms with Crippen LogP contribution in [-0.2, 0) is 0 Å². The van der Waals surface area contributed by atoms with E-state index in [9.17, 15) is 9.59 Å². The lowest BCUT2D eigenvalue weighted by Gasteiger charge is -2.35. The molecule has 0 aliphatic carbocycles. The summed E-state index contributed by atoms with van der Waals surface area (Å²) in [5.74, 6) is 0.380. The molecule has 3 N–H and O–H groups in total. The first kappa shape index (κ1) is 19.2. The molecule has 3 aromatic heterocycles. The maximum atomic E-state index is 12.6. The minimum absolute atomic E-state index is 0.0325. The monoisotopic (exact) mass is 404 g/mol. The van der Waals surface area contributed by atoms with Gasteiger partial charge in [-0.05, 0) is 24.3 Å². The molecule has 0 radical (unpaired) electrons. The number of aromatic nitrogens is 4. The molecule has 4 heterocycles. The summed E-state index contributed by atoms with van der Waals surface area (Å²) in [5.41, 5.74) is 6.32. The SMILES string of the molecule is Nc1ncc(N2CCN(C(=O)c3ccccn3)CC2)nc1C(=O)Nc1ccccn1. The van der Waals surface area contributed by atoms with Crippen molar-refractivity contribution >= 4 is 29.3 Å². The smallest absolute Gasteiger partial charge is 0.279 e. The van der Waals surface area contributed by atoms with Gasteiger partial charge < -0.3 is 20.9 Å². The molecule has 2 amide bonds. The number of anilines is 3. The summed E-state index contributed by atoms with van der Waals surface area (Å²) in [6, 6.07) is 10.5. The molecule has 3 aromatic rings. The molecule has 1 aliphatic heterocycles. The van der Waals surface area contributed by atoms with Crippen LogP contribution in [0, 0.1) is 0 Å². The van der Waals surface area contributed by atoms with E-state index in [0.717, 1.165) is 0 Å². The van der Waals surface area contributed by atoms with E-state index in [1.165, 1.54) is 6.20 Å². The molecule has 0 bridgehead atoms. The Kier molecular flexibility index (Phi) is 5.46. The van der Waals surface area contributed by atoms with Crippen LogP contribution in [0.4, 0.5) is 17.5 Å². The van der Waals surface area contributed by atoms with Crippen molar-refractivity contribution in [2.75, 3.05) is 42.1 Å². The van der Waals surface area contributed by atoms with Gasteiger partial charge in [0.25, 0.3) is 11.8 Å². The molecule has 0 unspecified atom stereocenters. The van der Waals surface area contributed by atoms with Gasteiger partial charge in [0, 0.05) is 38.6 Å². The van der Waals surface area contributed by atoms with Gasteiger partial charge in [0.15, 0.2) is 11.5 Å². The van der Waals surface area contributed by atoms with E-state index in [1.807, 2.05) is 4.90 Å². The zero-order chi connectivity index (χ0) is 20.9. The van der Waals surface area contributed by atoms with Crippen molar-refractivity contribution in [1.29, 1.82) is 0 Å². The van der Waals surface area contributed by atoms with Crippen molar-refractivity contribution in [1.82, 2.24) is 24.8 Å². The molecule has 30 heavy (non-hydrogen) atoms. The number of amides is 2. The maximum Gasteiger partial charge on any atom is 0.279 e. The molecule has 0 atom stereocenters. The Morgan fingerprint density at radius 3 is 2.33 bits per heavy atom. The van der Waals surface area contributed by atoms with Gasteiger partial charge in [-0.2, -0.15) is 0 Å². The Morgan fingerprint density at radius 2 is 1.67 bits per heavy atom. The lowest BCUT2D eigenvalue weighted by molar-refractivity contribution is 0.0740. The van der Waals surface area contributed by atoms with Crippen LogP contribution in [0.5, 0.6) is 0 Å². The van der Waals surface area contributed by atoms with E-state index >= 15 is 0 Å². The number of hydrogen-bond donors (Lipinski definition) is 2. The Bertz CT molecular complexity index is 1040.